The topological polar surface area (TPSA) is 89.9 Å². The van der Waals surface area contributed by atoms with Gasteiger partial charge in [-0.1, -0.05) is 13.8 Å². The molecule has 0 amide bonds. The molecule has 3 fully saturated rings. The Balaban J connectivity index is 1.69. The van der Waals surface area contributed by atoms with E-state index in [1.165, 1.54) is 6.26 Å². The average molecular weight is 362 g/mol. The summed E-state index contributed by atoms with van der Waals surface area (Å²) in [5.41, 5.74) is -2.85. The highest BCUT2D eigenvalue weighted by molar-refractivity contribution is 6.06. The van der Waals surface area contributed by atoms with E-state index < -0.39 is 22.4 Å². The van der Waals surface area contributed by atoms with Gasteiger partial charge in [0.1, 0.15) is 17.3 Å². The number of aliphatic hydroxyl groups is 1. The van der Waals surface area contributed by atoms with Gasteiger partial charge in [-0.3, -0.25) is 14.4 Å². The molecule has 26 heavy (non-hydrogen) atoms. The molecule has 2 heterocycles. The standard InChI is InChI=1S/C20H26O6/c1-11-10-13-15-18(2,7-5-14(21)19(15,3)17(23)26-13)20(11,24)8-4-12-6-9-25-16(12)22/h6,9,11-13,15,24H,4-5,7-8,10H2,1-3H3. The van der Waals surface area contributed by atoms with Gasteiger partial charge in [-0.25, -0.2) is 0 Å². The molecular formula is C20H26O6. The van der Waals surface area contributed by atoms with Crippen LogP contribution in [-0.4, -0.2) is 34.5 Å². The van der Waals surface area contributed by atoms with Crippen molar-refractivity contribution in [3.05, 3.63) is 12.3 Å². The largest absolute Gasteiger partial charge is 0.461 e. The zero-order valence-corrected chi connectivity index (χ0v) is 15.5. The van der Waals surface area contributed by atoms with Crippen molar-refractivity contribution in [2.45, 2.75) is 64.6 Å². The average Bonchev–Trinajstić information content (AvgIpc) is 3.10. The third-order valence-electron chi connectivity index (χ3n) is 7.84. The summed E-state index contributed by atoms with van der Waals surface area (Å²) in [5.74, 6) is -1.57. The summed E-state index contributed by atoms with van der Waals surface area (Å²) in [4.78, 5) is 37.0. The Morgan fingerprint density at radius 3 is 2.65 bits per heavy atom. The minimum Gasteiger partial charge on any atom is -0.461 e. The molecule has 0 spiro atoms. The number of hydrogen-bond donors (Lipinski definition) is 1. The first-order valence-corrected chi connectivity index (χ1v) is 9.48. The quantitative estimate of drug-likeness (QED) is 0.611. The van der Waals surface area contributed by atoms with Gasteiger partial charge in [0, 0.05) is 17.8 Å². The van der Waals surface area contributed by atoms with Crippen molar-refractivity contribution in [2.75, 3.05) is 0 Å². The monoisotopic (exact) mass is 362 g/mol. The van der Waals surface area contributed by atoms with E-state index in [4.69, 9.17) is 9.47 Å². The Labute approximate surface area is 152 Å². The van der Waals surface area contributed by atoms with Gasteiger partial charge in [0.25, 0.3) is 0 Å². The molecule has 0 radical (unpaired) electrons. The van der Waals surface area contributed by atoms with Crippen LogP contribution in [0.1, 0.15) is 52.9 Å². The van der Waals surface area contributed by atoms with E-state index in [0.29, 0.717) is 25.7 Å². The number of Topliss-reactive ketones (excluding diaryl/α,β-unsaturated/α-hetero) is 1. The molecule has 7 unspecified atom stereocenters. The van der Waals surface area contributed by atoms with E-state index in [1.54, 1.807) is 13.0 Å². The van der Waals surface area contributed by atoms with Crippen LogP contribution in [0.25, 0.3) is 0 Å². The Morgan fingerprint density at radius 2 is 2.00 bits per heavy atom. The molecule has 6 heteroatoms. The maximum atomic E-state index is 12.6. The molecule has 1 N–H and O–H groups in total. The molecule has 4 aliphatic rings. The van der Waals surface area contributed by atoms with Crippen LogP contribution >= 0.6 is 0 Å². The van der Waals surface area contributed by atoms with Gasteiger partial charge in [-0.05, 0) is 44.6 Å². The molecule has 0 aromatic carbocycles. The fourth-order valence-electron chi connectivity index (χ4n) is 6.21. The third kappa shape index (κ3) is 1.99. The summed E-state index contributed by atoms with van der Waals surface area (Å²) in [6.07, 6.45) is 5.06. The Hall–Kier alpha value is -1.69. The fourth-order valence-corrected chi connectivity index (χ4v) is 6.21. The second kappa shape index (κ2) is 5.41. The minimum atomic E-state index is -1.17. The van der Waals surface area contributed by atoms with E-state index in [2.05, 4.69) is 0 Å². The van der Waals surface area contributed by atoms with Crippen molar-refractivity contribution in [2.24, 2.45) is 28.6 Å². The predicted octanol–water partition coefficient (Wildman–Crippen LogP) is 2.14. The van der Waals surface area contributed by atoms with Crippen LogP contribution in [0.4, 0.5) is 0 Å². The van der Waals surface area contributed by atoms with Crippen LogP contribution in [0.15, 0.2) is 12.3 Å². The SMILES string of the molecule is CC1CC2OC(=O)C3(C)C(=O)CCC(C)(C23)C1(O)CCC1C=COC1=O. The number of hydrogen-bond acceptors (Lipinski definition) is 6. The van der Waals surface area contributed by atoms with Crippen molar-refractivity contribution in [3.8, 4) is 0 Å². The molecule has 1 saturated heterocycles. The van der Waals surface area contributed by atoms with Crippen molar-refractivity contribution >= 4 is 17.7 Å². The molecule has 2 aliphatic heterocycles. The number of carbonyl (C=O) groups excluding carboxylic acids is 3. The fraction of sp³-hybridized carbons (Fsp3) is 0.750. The van der Waals surface area contributed by atoms with Crippen molar-refractivity contribution < 1.29 is 29.0 Å². The lowest BCUT2D eigenvalue weighted by Crippen LogP contribution is -2.66. The molecule has 0 aromatic rings. The van der Waals surface area contributed by atoms with Gasteiger partial charge < -0.3 is 14.6 Å². The highest BCUT2D eigenvalue weighted by atomic mass is 16.6. The van der Waals surface area contributed by atoms with E-state index in [-0.39, 0.29) is 42.0 Å². The summed E-state index contributed by atoms with van der Waals surface area (Å²) in [5, 5.41) is 11.8. The van der Waals surface area contributed by atoms with Gasteiger partial charge >= 0.3 is 11.9 Å². The summed E-state index contributed by atoms with van der Waals surface area (Å²) in [7, 11) is 0. The number of cyclic esters (lactones) is 1. The van der Waals surface area contributed by atoms with Crippen molar-refractivity contribution in [1.29, 1.82) is 0 Å². The summed E-state index contributed by atoms with van der Waals surface area (Å²) < 4.78 is 10.5. The van der Waals surface area contributed by atoms with E-state index in [9.17, 15) is 19.5 Å². The van der Waals surface area contributed by atoms with Crippen LogP contribution in [0.2, 0.25) is 0 Å². The molecule has 4 rings (SSSR count). The minimum absolute atomic E-state index is 0.0771. The number of esters is 2. The number of ketones is 1. The number of ether oxygens (including phenoxy) is 2. The van der Waals surface area contributed by atoms with Crippen LogP contribution < -0.4 is 0 Å². The molecule has 0 bridgehead atoms. The van der Waals surface area contributed by atoms with Gasteiger partial charge in [0.2, 0.25) is 0 Å². The van der Waals surface area contributed by atoms with E-state index >= 15 is 0 Å². The number of rotatable bonds is 3. The van der Waals surface area contributed by atoms with Gasteiger partial charge in [0.15, 0.2) is 0 Å². The molecule has 142 valence electrons. The maximum absolute atomic E-state index is 12.6. The van der Waals surface area contributed by atoms with E-state index in [0.717, 1.165) is 0 Å². The lowest BCUT2D eigenvalue weighted by molar-refractivity contribution is -0.216. The summed E-state index contributed by atoms with van der Waals surface area (Å²) in [6, 6.07) is 0. The summed E-state index contributed by atoms with van der Waals surface area (Å²) >= 11 is 0. The molecular weight excluding hydrogens is 336 g/mol. The third-order valence-corrected chi connectivity index (χ3v) is 7.84. The normalized spacial score (nSPS) is 49.8. The Bertz CT molecular complexity index is 713. The van der Waals surface area contributed by atoms with Crippen molar-refractivity contribution in [1.82, 2.24) is 0 Å². The maximum Gasteiger partial charge on any atom is 0.320 e. The molecule has 0 aromatic heterocycles. The van der Waals surface area contributed by atoms with Crippen LogP contribution in [0.5, 0.6) is 0 Å². The first-order chi connectivity index (χ1) is 12.1. The second-order valence-electron chi connectivity index (χ2n) is 8.94. The summed E-state index contributed by atoms with van der Waals surface area (Å²) in [6.45, 7) is 5.66. The molecule has 6 nitrogen and oxygen atoms in total. The van der Waals surface area contributed by atoms with Crippen LogP contribution in [-0.2, 0) is 23.9 Å². The van der Waals surface area contributed by atoms with E-state index in [1.807, 2.05) is 13.8 Å². The molecule has 2 aliphatic carbocycles. The van der Waals surface area contributed by atoms with Crippen LogP contribution in [0.3, 0.4) is 0 Å². The zero-order valence-electron chi connectivity index (χ0n) is 15.5. The molecule has 2 saturated carbocycles. The smallest absolute Gasteiger partial charge is 0.320 e. The highest BCUT2D eigenvalue weighted by Crippen LogP contribution is 2.66. The molecule has 7 atom stereocenters. The van der Waals surface area contributed by atoms with Gasteiger partial charge in [0.05, 0.1) is 17.8 Å². The lowest BCUT2D eigenvalue weighted by Gasteiger charge is -2.60. The zero-order chi connectivity index (χ0) is 18.9. The first-order valence-electron chi connectivity index (χ1n) is 9.48. The van der Waals surface area contributed by atoms with Gasteiger partial charge in [-0.2, -0.15) is 0 Å². The Kier molecular flexibility index (Phi) is 3.69. The first kappa shape index (κ1) is 17.7. The second-order valence-corrected chi connectivity index (χ2v) is 8.94. The van der Waals surface area contributed by atoms with Crippen molar-refractivity contribution in [3.63, 3.8) is 0 Å². The predicted molar refractivity (Wildman–Crippen MR) is 90.5 cm³/mol. The van der Waals surface area contributed by atoms with Gasteiger partial charge in [-0.15, -0.1) is 0 Å². The highest BCUT2D eigenvalue weighted by Gasteiger charge is 2.73. The van der Waals surface area contributed by atoms with Crippen LogP contribution in [0, 0.1) is 28.6 Å². The Morgan fingerprint density at radius 1 is 1.27 bits per heavy atom. The lowest BCUT2D eigenvalue weighted by atomic mass is 9.43. The number of carbonyl (C=O) groups is 3.